The standard InChI is InChI=1S/C8H18N2O2S2/c1-7(2)4-6-14(11,12)10-5-3-8(9)13/h7,10H,3-6H2,1-2H3,(H2,9,13). The van der Waals surface area contributed by atoms with Gasteiger partial charge in [-0.1, -0.05) is 26.1 Å². The summed E-state index contributed by atoms with van der Waals surface area (Å²) in [6, 6.07) is 0. The van der Waals surface area contributed by atoms with Crippen LogP contribution < -0.4 is 10.5 Å². The largest absolute Gasteiger partial charge is 0.393 e. The first-order chi connectivity index (χ1) is 6.33. The first-order valence-corrected chi connectivity index (χ1v) is 6.65. The minimum atomic E-state index is -3.14. The van der Waals surface area contributed by atoms with Crippen LogP contribution in [0.15, 0.2) is 0 Å². The second-order valence-electron chi connectivity index (χ2n) is 3.61. The number of nitrogens with two attached hydrogens (primary N) is 1. The molecule has 0 fully saturated rings. The highest BCUT2D eigenvalue weighted by Crippen LogP contribution is 2.01. The zero-order chi connectivity index (χ0) is 11.2. The molecule has 0 atom stereocenters. The maximum absolute atomic E-state index is 11.3. The van der Waals surface area contributed by atoms with Gasteiger partial charge in [-0.2, -0.15) is 0 Å². The number of thiocarbonyl (C=S) groups is 1. The van der Waals surface area contributed by atoms with E-state index in [0.29, 0.717) is 30.3 Å². The van der Waals surface area contributed by atoms with Crippen LogP contribution in [-0.2, 0) is 10.0 Å². The lowest BCUT2D eigenvalue weighted by atomic mass is 10.2. The van der Waals surface area contributed by atoms with Gasteiger partial charge in [0.25, 0.3) is 0 Å². The van der Waals surface area contributed by atoms with E-state index >= 15 is 0 Å². The Labute approximate surface area is 91.3 Å². The summed E-state index contributed by atoms with van der Waals surface area (Å²) in [5, 5.41) is 0. The van der Waals surface area contributed by atoms with Crippen molar-refractivity contribution in [2.75, 3.05) is 12.3 Å². The molecule has 0 radical (unpaired) electrons. The highest BCUT2D eigenvalue weighted by Gasteiger charge is 2.10. The molecule has 0 aromatic carbocycles. The Bertz CT molecular complexity index is 273. The summed E-state index contributed by atoms with van der Waals surface area (Å²) >= 11 is 4.63. The van der Waals surface area contributed by atoms with Gasteiger partial charge in [0.15, 0.2) is 0 Å². The molecule has 0 aliphatic rings. The summed E-state index contributed by atoms with van der Waals surface area (Å²) in [5.41, 5.74) is 5.24. The lowest BCUT2D eigenvalue weighted by molar-refractivity contribution is 0.563. The van der Waals surface area contributed by atoms with E-state index < -0.39 is 10.0 Å². The van der Waals surface area contributed by atoms with Gasteiger partial charge in [-0.05, 0) is 12.3 Å². The van der Waals surface area contributed by atoms with Gasteiger partial charge in [0.2, 0.25) is 10.0 Å². The fourth-order valence-corrected chi connectivity index (χ4v) is 2.23. The summed E-state index contributed by atoms with van der Waals surface area (Å²) in [7, 11) is -3.14. The zero-order valence-electron chi connectivity index (χ0n) is 8.62. The zero-order valence-corrected chi connectivity index (χ0v) is 10.2. The van der Waals surface area contributed by atoms with Crippen LogP contribution in [0.3, 0.4) is 0 Å². The lowest BCUT2D eigenvalue weighted by Crippen LogP contribution is -2.30. The third-order valence-corrected chi connectivity index (χ3v) is 3.28. The van der Waals surface area contributed by atoms with E-state index in [1.54, 1.807) is 0 Å². The summed E-state index contributed by atoms with van der Waals surface area (Å²) in [5.74, 6) is 0.560. The molecule has 0 aliphatic carbocycles. The molecule has 0 spiro atoms. The molecule has 6 heteroatoms. The molecule has 4 nitrogen and oxygen atoms in total. The molecule has 0 amide bonds. The number of sulfonamides is 1. The van der Waals surface area contributed by atoms with Crippen molar-refractivity contribution in [3.05, 3.63) is 0 Å². The van der Waals surface area contributed by atoms with Crippen molar-refractivity contribution in [2.24, 2.45) is 11.7 Å². The van der Waals surface area contributed by atoms with E-state index in [2.05, 4.69) is 16.9 Å². The fourth-order valence-electron chi connectivity index (χ4n) is 0.793. The Balaban J connectivity index is 3.79. The molecule has 3 N–H and O–H groups in total. The van der Waals surface area contributed by atoms with Crippen LogP contribution in [0.1, 0.15) is 26.7 Å². The van der Waals surface area contributed by atoms with Crippen molar-refractivity contribution < 1.29 is 8.42 Å². The summed E-state index contributed by atoms with van der Waals surface area (Å²) in [4.78, 5) is 0.330. The average molecular weight is 238 g/mol. The molecule has 0 rings (SSSR count). The van der Waals surface area contributed by atoms with Crippen molar-refractivity contribution in [2.45, 2.75) is 26.7 Å². The number of hydrogen-bond acceptors (Lipinski definition) is 3. The van der Waals surface area contributed by atoms with Gasteiger partial charge in [0.1, 0.15) is 0 Å². The van der Waals surface area contributed by atoms with E-state index in [0.717, 1.165) is 0 Å². The minimum Gasteiger partial charge on any atom is -0.393 e. The third-order valence-electron chi connectivity index (χ3n) is 1.66. The highest BCUT2D eigenvalue weighted by molar-refractivity contribution is 7.89. The van der Waals surface area contributed by atoms with E-state index in [1.807, 2.05) is 13.8 Å². The molecular weight excluding hydrogens is 220 g/mol. The van der Waals surface area contributed by atoms with Crippen molar-refractivity contribution in [1.82, 2.24) is 4.72 Å². The molecule has 0 aliphatic heterocycles. The molecule has 0 aromatic heterocycles. The molecule has 84 valence electrons. The predicted molar refractivity (Wildman–Crippen MR) is 62.6 cm³/mol. The Hall–Kier alpha value is -0.200. The van der Waals surface area contributed by atoms with Crippen LogP contribution in [0, 0.1) is 5.92 Å². The molecule has 0 heterocycles. The summed E-state index contributed by atoms with van der Waals surface area (Å²) in [6.07, 6.45) is 1.08. The van der Waals surface area contributed by atoms with Crippen LogP contribution in [0.5, 0.6) is 0 Å². The molecule has 0 aromatic rings. The van der Waals surface area contributed by atoms with Gasteiger partial charge in [-0.15, -0.1) is 0 Å². The molecule has 0 bridgehead atoms. The van der Waals surface area contributed by atoms with Crippen molar-refractivity contribution in [3.63, 3.8) is 0 Å². The van der Waals surface area contributed by atoms with Gasteiger partial charge in [0.05, 0.1) is 10.7 Å². The monoisotopic (exact) mass is 238 g/mol. The number of rotatable bonds is 7. The van der Waals surface area contributed by atoms with Crippen LogP contribution in [0.25, 0.3) is 0 Å². The first kappa shape index (κ1) is 13.8. The van der Waals surface area contributed by atoms with Crippen LogP contribution in [-0.4, -0.2) is 25.7 Å². The van der Waals surface area contributed by atoms with Crippen LogP contribution in [0.4, 0.5) is 0 Å². The normalized spacial score (nSPS) is 11.9. The maximum Gasteiger partial charge on any atom is 0.211 e. The lowest BCUT2D eigenvalue weighted by Gasteiger charge is -2.07. The Morgan fingerprint density at radius 3 is 2.50 bits per heavy atom. The highest BCUT2D eigenvalue weighted by atomic mass is 32.2. The summed E-state index contributed by atoms with van der Waals surface area (Å²) in [6.45, 7) is 4.28. The van der Waals surface area contributed by atoms with Gasteiger partial charge in [-0.3, -0.25) is 0 Å². The SMILES string of the molecule is CC(C)CCS(=O)(=O)NCCC(N)=S. The molecule has 0 saturated carbocycles. The Morgan fingerprint density at radius 1 is 1.50 bits per heavy atom. The minimum absolute atomic E-state index is 0.169. The molecule has 14 heavy (non-hydrogen) atoms. The topological polar surface area (TPSA) is 72.2 Å². The second kappa shape index (κ2) is 6.31. The number of hydrogen-bond donors (Lipinski definition) is 2. The van der Waals surface area contributed by atoms with Crippen molar-refractivity contribution in [1.29, 1.82) is 0 Å². The van der Waals surface area contributed by atoms with E-state index in [4.69, 9.17) is 5.73 Å². The van der Waals surface area contributed by atoms with Crippen LogP contribution in [0.2, 0.25) is 0 Å². The second-order valence-corrected chi connectivity index (χ2v) is 6.06. The third kappa shape index (κ3) is 8.40. The Morgan fingerprint density at radius 2 is 2.07 bits per heavy atom. The van der Waals surface area contributed by atoms with Gasteiger partial charge in [0, 0.05) is 13.0 Å². The first-order valence-electron chi connectivity index (χ1n) is 4.59. The van der Waals surface area contributed by atoms with Crippen LogP contribution >= 0.6 is 12.2 Å². The predicted octanol–water partition coefficient (Wildman–Crippen LogP) is 0.628. The quantitative estimate of drug-likeness (QED) is 0.638. The van der Waals surface area contributed by atoms with E-state index in [-0.39, 0.29) is 5.75 Å². The van der Waals surface area contributed by atoms with Crippen molar-refractivity contribution >= 4 is 27.2 Å². The van der Waals surface area contributed by atoms with Gasteiger partial charge >= 0.3 is 0 Å². The fraction of sp³-hybridized carbons (Fsp3) is 0.875. The summed E-state index contributed by atoms with van der Waals surface area (Å²) < 4.78 is 25.1. The van der Waals surface area contributed by atoms with Gasteiger partial charge < -0.3 is 5.73 Å². The maximum atomic E-state index is 11.3. The molecule has 0 unspecified atom stereocenters. The smallest absolute Gasteiger partial charge is 0.211 e. The average Bonchev–Trinajstić information content (AvgIpc) is 2.00. The van der Waals surface area contributed by atoms with E-state index in [1.165, 1.54) is 0 Å². The Kier molecular flexibility index (Phi) is 6.22. The van der Waals surface area contributed by atoms with E-state index in [9.17, 15) is 8.42 Å². The van der Waals surface area contributed by atoms with Crippen molar-refractivity contribution in [3.8, 4) is 0 Å². The van der Waals surface area contributed by atoms with Gasteiger partial charge in [-0.25, -0.2) is 13.1 Å². The molecular formula is C8H18N2O2S2. The number of nitrogens with one attached hydrogen (secondary N) is 1. The molecule has 0 saturated heterocycles.